The molecular formula is C18H16ClN3OS. The molecule has 3 rings (SSSR count). The van der Waals surface area contributed by atoms with Crippen LogP contribution in [0.3, 0.4) is 0 Å². The van der Waals surface area contributed by atoms with Crippen LogP contribution >= 0.6 is 22.9 Å². The second kappa shape index (κ2) is 7.47. The highest BCUT2D eigenvalue weighted by molar-refractivity contribution is 7.15. The number of thiazole rings is 1. The molecule has 3 aromatic rings. The molecule has 1 N–H and O–H groups in total. The summed E-state index contributed by atoms with van der Waals surface area (Å²) in [5, 5.41) is 5.69. The summed E-state index contributed by atoms with van der Waals surface area (Å²) in [6.45, 7) is 2.05. The average molecular weight is 358 g/mol. The van der Waals surface area contributed by atoms with E-state index in [4.69, 9.17) is 16.3 Å². The maximum Gasteiger partial charge on any atom is 0.204 e. The molecular weight excluding hydrogens is 342 g/mol. The number of nitrogens with one attached hydrogen (secondary N) is 1. The van der Waals surface area contributed by atoms with Gasteiger partial charge < -0.3 is 4.74 Å². The predicted molar refractivity (Wildman–Crippen MR) is 102 cm³/mol. The summed E-state index contributed by atoms with van der Waals surface area (Å²) in [5.74, 6) is 0.831. The Morgan fingerprint density at radius 1 is 1.12 bits per heavy atom. The van der Waals surface area contributed by atoms with Gasteiger partial charge in [0.2, 0.25) is 5.13 Å². The number of hydrazone groups is 1. The summed E-state index contributed by atoms with van der Waals surface area (Å²) in [7, 11) is 1.66. The Morgan fingerprint density at radius 3 is 2.50 bits per heavy atom. The van der Waals surface area contributed by atoms with Gasteiger partial charge in [-0.05, 0) is 48.9 Å². The number of benzene rings is 2. The molecule has 0 aliphatic heterocycles. The third-order valence-corrected chi connectivity index (χ3v) is 4.53. The fourth-order valence-electron chi connectivity index (χ4n) is 2.17. The summed E-state index contributed by atoms with van der Waals surface area (Å²) in [5.41, 5.74) is 5.95. The first-order valence-electron chi connectivity index (χ1n) is 7.32. The zero-order chi connectivity index (χ0) is 16.9. The SMILES string of the molecule is COc1ccc(-c2nc(N/N=C/c3ccc(Cl)cc3)sc2C)cc1. The van der Waals surface area contributed by atoms with Crippen molar-refractivity contribution in [1.29, 1.82) is 0 Å². The van der Waals surface area contributed by atoms with Crippen LogP contribution in [0, 0.1) is 6.92 Å². The number of rotatable bonds is 5. The van der Waals surface area contributed by atoms with E-state index < -0.39 is 0 Å². The Balaban J connectivity index is 1.72. The third-order valence-electron chi connectivity index (χ3n) is 3.40. The van der Waals surface area contributed by atoms with Gasteiger partial charge in [-0.25, -0.2) is 4.98 Å². The number of anilines is 1. The van der Waals surface area contributed by atoms with Crippen molar-refractivity contribution in [1.82, 2.24) is 4.98 Å². The highest BCUT2D eigenvalue weighted by Gasteiger charge is 2.09. The minimum atomic E-state index is 0.708. The van der Waals surface area contributed by atoms with E-state index in [1.807, 2.05) is 55.5 Å². The van der Waals surface area contributed by atoms with E-state index in [0.29, 0.717) is 5.02 Å². The molecule has 0 spiro atoms. The van der Waals surface area contributed by atoms with E-state index in [2.05, 4.69) is 15.5 Å². The van der Waals surface area contributed by atoms with Crippen LogP contribution < -0.4 is 10.2 Å². The van der Waals surface area contributed by atoms with Gasteiger partial charge in [0.1, 0.15) is 5.75 Å². The van der Waals surface area contributed by atoms with Crippen LogP contribution in [0.5, 0.6) is 5.75 Å². The van der Waals surface area contributed by atoms with Crippen molar-refractivity contribution < 1.29 is 4.74 Å². The highest BCUT2D eigenvalue weighted by Crippen LogP contribution is 2.31. The smallest absolute Gasteiger partial charge is 0.204 e. The van der Waals surface area contributed by atoms with Crippen LogP contribution in [0.15, 0.2) is 53.6 Å². The molecule has 1 heterocycles. The fourth-order valence-corrected chi connectivity index (χ4v) is 3.08. The number of halogens is 1. The summed E-state index contributed by atoms with van der Waals surface area (Å²) in [4.78, 5) is 5.74. The van der Waals surface area contributed by atoms with Crippen molar-refractivity contribution >= 4 is 34.3 Å². The number of hydrogen-bond acceptors (Lipinski definition) is 5. The van der Waals surface area contributed by atoms with E-state index >= 15 is 0 Å². The van der Waals surface area contributed by atoms with E-state index in [1.54, 1.807) is 24.7 Å². The lowest BCUT2D eigenvalue weighted by molar-refractivity contribution is 0.415. The Hall–Kier alpha value is -2.37. The fraction of sp³-hybridized carbons (Fsp3) is 0.111. The number of methoxy groups -OCH3 is 1. The minimum absolute atomic E-state index is 0.708. The van der Waals surface area contributed by atoms with Gasteiger partial charge in [-0.2, -0.15) is 5.10 Å². The molecule has 2 aromatic carbocycles. The predicted octanol–water partition coefficient (Wildman–Crippen LogP) is 5.23. The molecule has 6 heteroatoms. The second-order valence-corrected chi connectivity index (χ2v) is 6.71. The lowest BCUT2D eigenvalue weighted by atomic mass is 10.1. The topological polar surface area (TPSA) is 46.5 Å². The first kappa shape index (κ1) is 16.5. The number of aromatic nitrogens is 1. The summed E-state index contributed by atoms with van der Waals surface area (Å²) < 4.78 is 5.19. The van der Waals surface area contributed by atoms with Crippen LogP contribution in [0.4, 0.5) is 5.13 Å². The standard InChI is InChI=1S/C18H16ClN3OS/c1-12-17(14-5-9-16(23-2)10-6-14)21-18(24-12)22-20-11-13-3-7-15(19)8-4-13/h3-11H,1-2H3,(H,21,22)/b20-11+. The molecule has 0 radical (unpaired) electrons. The van der Waals surface area contributed by atoms with Gasteiger partial charge in [0, 0.05) is 15.5 Å². The van der Waals surface area contributed by atoms with Crippen molar-refractivity contribution in [2.75, 3.05) is 12.5 Å². The molecule has 0 aliphatic rings. The van der Waals surface area contributed by atoms with E-state index in [-0.39, 0.29) is 0 Å². The van der Waals surface area contributed by atoms with Gasteiger partial charge in [-0.15, -0.1) is 11.3 Å². The normalized spacial score (nSPS) is 11.0. The third kappa shape index (κ3) is 3.93. The number of aryl methyl sites for hydroxylation is 1. The summed E-state index contributed by atoms with van der Waals surface area (Å²) in [6.07, 6.45) is 1.74. The zero-order valence-electron chi connectivity index (χ0n) is 13.3. The lowest BCUT2D eigenvalue weighted by Gasteiger charge is -2.01. The number of nitrogens with zero attached hydrogens (tertiary/aromatic N) is 2. The van der Waals surface area contributed by atoms with Crippen LogP contribution in [-0.2, 0) is 0 Å². The van der Waals surface area contributed by atoms with E-state index in [1.165, 1.54) is 0 Å². The first-order valence-corrected chi connectivity index (χ1v) is 8.51. The van der Waals surface area contributed by atoms with Gasteiger partial charge in [0.25, 0.3) is 0 Å². The van der Waals surface area contributed by atoms with Gasteiger partial charge in [0.15, 0.2) is 0 Å². The monoisotopic (exact) mass is 357 g/mol. The van der Waals surface area contributed by atoms with Crippen LogP contribution in [-0.4, -0.2) is 18.3 Å². The van der Waals surface area contributed by atoms with Gasteiger partial charge >= 0.3 is 0 Å². The average Bonchev–Trinajstić information content (AvgIpc) is 2.97. The Labute approximate surface area is 149 Å². The largest absolute Gasteiger partial charge is 0.497 e. The molecule has 0 amide bonds. The lowest BCUT2D eigenvalue weighted by Crippen LogP contribution is -1.90. The van der Waals surface area contributed by atoms with Crippen molar-refractivity contribution in [2.24, 2.45) is 5.10 Å². The first-order chi connectivity index (χ1) is 11.7. The van der Waals surface area contributed by atoms with Crippen molar-refractivity contribution in [3.63, 3.8) is 0 Å². The van der Waals surface area contributed by atoms with Crippen molar-refractivity contribution in [3.8, 4) is 17.0 Å². The number of hydrogen-bond donors (Lipinski definition) is 1. The molecule has 122 valence electrons. The molecule has 0 atom stereocenters. The molecule has 24 heavy (non-hydrogen) atoms. The maximum atomic E-state index is 5.86. The summed E-state index contributed by atoms with van der Waals surface area (Å²) >= 11 is 7.43. The Morgan fingerprint density at radius 2 is 1.83 bits per heavy atom. The quantitative estimate of drug-likeness (QED) is 0.502. The molecule has 0 bridgehead atoms. The summed E-state index contributed by atoms with van der Waals surface area (Å²) in [6, 6.07) is 15.3. The second-order valence-electron chi connectivity index (χ2n) is 5.07. The molecule has 0 aliphatic carbocycles. The Bertz CT molecular complexity index is 842. The molecule has 0 unspecified atom stereocenters. The van der Waals surface area contributed by atoms with Gasteiger partial charge in [-0.1, -0.05) is 23.7 Å². The zero-order valence-corrected chi connectivity index (χ0v) is 14.9. The van der Waals surface area contributed by atoms with Gasteiger partial charge in [0.05, 0.1) is 19.0 Å². The van der Waals surface area contributed by atoms with E-state index in [0.717, 1.165) is 32.6 Å². The van der Waals surface area contributed by atoms with Crippen LogP contribution in [0.2, 0.25) is 5.02 Å². The molecule has 0 saturated heterocycles. The van der Waals surface area contributed by atoms with Crippen molar-refractivity contribution in [3.05, 3.63) is 64.0 Å². The Kier molecular flexibility index (Phi) is 5.13. The molecule has 0 saturated carbocycles. The van der Waals surface area contributed by atoms with E-state index in [9.17, 15) is 0 Å². The van der Waals surface area contributed by atoms with Crippen molar-refractivity contribution in [2.45, 2.75) is 6.92 Å². The van der Waals surface area contributed by atoms with Gasteiger partial charge in [-0.3, -0.25) is 5.43 Å². The van der Waals surface area contributed by atoms with Crippen LogP contribution in [0.25, 0.3) is 11.3 Å². The van der Waals surface area contributed by atoms with Crippen LogP contribution in [0.1, 0.15) is 10.4 Å². The molecule has 1 aromatic heterocycles. The highest BCUT2D eigenvalue weighted by atomic mass is 35.5. The maximum absolute atomic E-state index is 5.86. The number of ether oxygens (including phenoxy) is 1. The molecule has 0 fully saturated rings. The minimum Gasteiger partial charge on any atom is -0.497 e. The molecule has 4 nitrogen and oxygen atoms in total.